The Bertz CT molecular complexity index is 1060. The fourth-order valence-electron chi connectivity index (χ4n) is 2.96. The number of pyridine rings is 1. The predicted octanol–water partition coefficient (Wildman–Crippen LogP) is 2.60. The molecule has 0 saturated carbocycles. The third kappa shape index (κ3) is 8.13. The van der Waals surface area contributed by atoms with E-state index in [9.17, 15) is 0 Å². The van der Waals surface area contributed by atoms with Crippen LogP contribution in [0.25, 0.3) is 0 Å². The number of benzene rings is 2. The molecule has 0 fully saturated rings. The van der Waals surface area contributed by atoms with Crippen LogP contribution in [0.2, 0.25) is 20.1 Å². The number of rotatable bonds is 4. The summed E-state index contributed by atoms with van der Waals surface area (Å²) in [4.78, 5) is 14.1. The van der Waals surface area contributed by atoms with E-state index in [0.717, 1.165) is 33.9 Å². The number of halogens is 6. The summed E-state index contributed by atoms with van der Waals surface area (Å²) in [6.45, 7) is 7.62. The van der Waals surface area contributed by atoms with Gasteiger partial charge in [-0.25, -0.2) is 15.0 Å². The number of aryl methyl sites for hydroxylation is 2. The van der Waals surface area contributed by atoms with Gasteiger partial charge in [-0.1, -0.05) is 52.5 Å². The Hall–Kier alpha value is -0.811. The first-order valence-corrected chi connectivity index (χ1v) is 10.7. The van der Waals surface area contributed by atoms with Gasteiger partial charge < -0.3 is 24.8 Å². The van der Waals surface area contributed by atoms with Gasteiger partial charge in [-0.2, -0.15) is 0 Å². The zero-order chi connectivity index (χ0) is 22.0. The van der Waals surface area contributed by atoms with Crippen molar-refractivity contribution in [3.8, 4) is 0 Å². The Morgan fingerprint density at radius 2 is 1.06 bits per heavy atom. The van der Waals surface area contributed by atoms with Crippen molar-refractivity contribution in [3.63, 3.8) is 0 Å². The van der Waals surface area contributed by atoms with Gasteiger partial charge in [-0.3, -0.25) is 0 Å². The van der Waals surface area contributed by atoms with Gasteiger partial charge in [0.05, 0.1) is 44.2 Å². The van der Waals surface area contributed by atoms with Crippen molar-refractivity contribution in [2.45, 2.75) is 27.7 Å². The molecular weight excluding hydrogens is 587 g/mol. The molecule has 10 heteroatoms. The maximum atomic E-state index is 6.33. The zero-order valence-corrected chi connectivity index (χ0v) is 23.6. The fraction of sp³-hybridized carbons (Fsp3) is 0.174. The molecule has 176 valence electrons. The zero-order valence-electron chi connectivity index (χ0n) is 18.0. The van der Waals surface area contributed by atoms with Crippen LogP contribution in [-0.4, -0.2) is 16.4 Å². The smallest absolute Gasteiger partial charge is 1.00 e. The molecule has 0 unspecified atom stereocenters. The Labute approximate surface area is 237 Å². The maximum Gasteiger partial charge on any atom is 2.00 e. The minimum Gasteiger partial charge on any atom is -1.00 e. The van der Waals surface area contributed by atoms with Crippen LogP contribution >= 0.6 is 46.4 Å². The molecule has 33 heavy (non-hydrogen) atoms. The van der Waals surface area contributed by atoms with Crippen molar-refractivity contribution in [1.29, 1.82) is 0 Å². The normalized spacial score (nSPS) is 11.3. The first-order chi connectivity index (χ1) is 14.2. The van der Waals surface area contributed by atoms with Crippen molar-refractivity contribution < 1.29 is 41.9 Å². The maximum absolute atomic E-state index is 6.33. The fourth-order valence-corrected chi connectivity index (χ4v) is 4.24. The summed E-state index contributed by atoms with van der Waals surface area (Å²) in [5.41, 5.74) is 6.08. The van der Waals surface area contributed by atoms with E-state index in [4.69, 9.17) is 51.4 Å². The second kappa shape index (κ2) is 13.9. The SMILES string of the molecule is C/C(=N\c1c(C)cc(Cl)cc1Cl)c1cccc(/C(C)=N/c2c(C)cc(Cl)cc2Cl)n1.[Cl-].[Cl-].[Fe+2]. The molecular formula is C23H19Cl6FeN3. The van der Waals surface area contributed by atoms with E-state index >= 15 is 0 Å². The Kier molecular flexibility index (Phi) is 13.6. The molecule has 2 aromatic carbocycles. The third-order valence-corrected chi connectivity index (χ3v) is 5.50. The van der Waals surface area contributed by atoms with Crippen LogP contribution in [0.1, 0.15) is 36.4 Å². The molecule has 3 rings (SSSR count). The van der Waals surface area contributed by atoms with Gasteiger partial charge in [0, 0.05) is 10.0 Å². The molecule has 0 saturated heterocycles. The van der Waals surface area contributed by atoms with E-state index in [1.54, 1.807) is 12.1 Å². The minimum absolute atomic E-state index is 0. The van der Waals surface area contributed by atoms with Gasteiger partial charge in [0.2, 0.25) is 0 Å². The summed E-state index contributed by atoms with van der Waals surface area (Å²) in [5, 5.41) is 2.16. The van der Waals surface area contributed by atoms with E-state index in [1.807, 2.05) is 58.0 Å². The summed E-state index contributed by atoms with van der Waals surface area (Å²) in [5.74, 6) is 0. The van der Waals surface area contributed by atoms with Crippen LogP contribution in [0.4, 0.5) is 11.4 Å². The average Bonchev–Trinajstić information content (AvgIpc) is 2.67. The van der Waals surface area contributed by atoms with Crippen LogP contribution in [-0.2, 0) is 17.1 Å². The Balaban J connectivity index is 0.00000341. The van der Waals surface area contributed by atoms with E-state index in [-0.39, 0.29) is 41.9 Å². The van der Waals surface area contributed by atoms with Crippen molar-refractivity contribution in [3.05, 3.63) is 85.1 Å². The Morgan fingerprint density at radius 3 is 1.39 bits per heavy atom. The summed E-state index contributed by atoms with van der Waals surface area (Å²) in [6, 6.07) is 12.7. The summed E-state index contributed by atoms with van der Waals surface area (Å²) < 4.78 is 0. The number of hydrogen-bond donors (Lipinski definition) is 0. The third-order valence-electron chi connectivity index (χ3n) is 4.49. The number of nitrogens with zero attached hydrogens (tertiary/aromatic N) is 3. The van der Waals surface area contributed by atoms with Crippen molar-refractivity contribution >= 4 is 69.2 Å². The predicted molar refractivity (Wildman–Crippen MR) is 130 cm³/mol. The monoisotopic (exact) mass is 603 g/mol. The van der Waals surface area contributed by atoms with Gasteiger partial charge in [0.25, 0.3) is 0 Å². The van der Waals surface area contributed by atoms with Crippen molar-refractivity contribution in [2.75, 3.05) is 0 Å². The second-order valence-corrected chi connectivity index (χ2v) is 8.60. The molecule has 1 aromatic heterocycles. The molecule has 3 nitrogen and oxygen atoms in total. The van der Waals surface area contributed by atoms with Crippen LogP contribution in [0, 0.1) is 13.8 Å². The quantitative estimate of drug-likeness (QED) is 0.333. The number of aromatic nitrogens is 1. The molecule has 0 bridgehead atoms. The minimum atomic E-state index is 0. The first kappa shape index (κ1) is 32.2. The molecule has 0 aliphatic rings. The molecule has 0 spiro atoms. The molecule has 0 amide bonds. The van der Waals surface area contributed by atoms with Crippen molar-refractivity contribution in [1.82, 2.24) is 4.98 Å². The van der Waals surface area contributed by atoms with Crippen LogP contribution in [0.3, 0.4) is 0 Å². The summed E-state index contributed by atoms with van der Waals surface area (Å²) in [7, 11) is 0. The molecule has 0 atom stereocenters. The van der Waals surface area contributed by atoms with E-state index in [2.05, 4.69) is 9.98 Å². The van der Waals surface area contributed by atoms with E-state index < -0.39 is 0 Å². The Morgan fingerprint density at radius 1 is 0.697 bits per heavy atom. The molecule has 0 radical (unpaired) electrons. The second-order valence-electron chi connectivity index (χ2n) is 6.91. The topological polar surface area (TPSA) is 37.6 Å². The molecule has 1 heterocycles. The summed E-state index contributed by atoms with van der Waals surface area (Å²) >= 11 is 24.8. The van der Waals surface area contributed by atoms with Gasteiger partial charge in [0.1, 0.15) is 0 Å². The first-order valence-electron chi connectivity index (χ1n) is 9.15. The van der Waals surface area contributed by atoms with Gasteiger partial charge in [-0.05, 0) is 75.2 Å². The summed E-state index contributed by atoms with van der Waals surface area (Å²) in [6.07, 6.45) is 0. The van der Waals surface area contributed by atoms with Gasteiger partial charge in [-0.15, -0.1) is 0 Å². The average molecular weight is 606 g/mol. The molecule has 3 aromatic rings. The van der Waals surface area contributed by atoms with Crippen LogP contribution in [0.15, 0.2) is 52.4 Å². The molecule has 0 aliphatic carbocycles. The number of aliphatic imine (C=N–C) groups is 2. The standard InChI is InChI=1S/C23H19Cl4N3.2ClH.Fe/c1-12-8-16(24)10-18(26)22(12)28-14(3)20-6-5-7-21(30-20)15(4)29-23-13(2)9-17(25)11-19(23)27;;;/h5-11H,1-4H3;2*1H;/q;;;+2/p-2/b28-14+,29-15+;;;. The van der Waals surface area contributed by atoms with E-state index in [0.29, 0.717) is 31.5 Å². The van der Waals surface area contributed by atoms with Gasteiger partial charge >= 0.3 is 17.1 Å². The van der Waals surface area contributed by atoms with Crippen molar-refractivity contribution in [2.24, 2.45) is 9.98 Å². The van der Waals surface area contributed by atoms with E-state index in [1.165, 1.54) is 0 Å². The number of hydrogen-bond acceptors (Lipinski definition) is 3. The molecule has 0 N–H and O–H groups in total. The van der Waals surface area contributed by atoms with Crippen LogP contribution in [0.5, 0.6) is 0 Å². The van der Waals surface area contributed by atoms with Gasteiger partial charge in [0.15, 0.2) is 0 Å². The van der Waals surface area contributed by atoms with Crippen LogP contribution < -0.4 is 24.8 Å². The largest absolute Gasteiger partial charge is 2.00 e. The molecule has 0 aliphatic heterocycles.